The zero-order valence-electron chi connectivity index (χ0n) is 11.3. The number of benzene rings is 1. The number of ether oxygens (including phenoxy) is 1. The summed E-state index contributed by atoms with van der Waals surface area (Å²) in [5.74, 6) is 0. The summed E-state index contributed by atoms with van der Waals surface area (Å²) in [6.45, 7) is 6.19. The van der Waals surface area contributed by atoms with Crippen LogP contribution in [0.2, 0.25) is 0 Å². The molecule has 110 valence electrons. The molecule has 1 unspecified atom stereocenters. The van der Waals surface area contributed by atoms with Crippen molar-refractivity contribution in [2.24, 2.45) is 0 Å². The number of morpholine rings is 1. The summed E-state index contributed by atoms with van der Waals surface area (Å²) in [7, 11) is 0. The third-order valence-electron chi connectivity index (χ3n) is 3.19. The van der Waals surface area contributed by atoms with Crippen molar-refractivity contribution >= 4 is 27.3 Å². The molecule has 1 N–H and O–H groups in total. The van der Waals surface area contributed by atoms with E-state index in [1.807, 2.05) is 6.92 Å². The van der Waals surface area contributed by atoms with Gasteiger partial charge in [0.15, 0.2) is 0 Å². The third-order valence-corrected chi connectivity index (χ3v) is 3.69. The number of halogens is 1. The average molecular weight is 344 g/mol. The number of anilines is 1. The van der Waals surface area contributed by atoms with Gasteiger partial charge in [-0.1, -0.05) is 15.9 Å². The van der Waals surface area contributed by atoms with E-state index in [2.05, 4.69) is 26.1 Å². The Balaban J connectivity index is 2.00. The summed E-state index contributed by atoms with van der Waals surface area (Å²) in [5.41, 5.74) is 0.646. The van der Waals surface area contributed by atoms with Gasteiger partial charge in [-0.05, 0) is 19.1 Å². The van der Waals surface area contributed by atoms with E-state index in [1.54, 1.807) is 12.1 Å². The van der Waals surface area contributed by atoms with Crippen LogP contribution in [-0.4, -0.2) is 48.7 Å². The second-order valence-corrected chi connectivity index (χ2v) is 5.79. The molecular weight excluding hydrogens is 326 g/mol. The molecule has 1 saturated heterocycles. The number of nitro benzene ring substituents is 1. The highest BCUT2D eigenvalue weighted by molar-refractivity contribution is 9.10. The van der Waals surface area contributed by atoms with Gasteiger partial charge in [0.05, 0.1) is 18.1 Å². The Kier molecular flexibility index (Phi) is 5.33. The fraction of sp³-hybridized carbons (Fsp3) is 0.538. The molecule has 1 heterocycles. The van der Waals surface area contributed by atoms with Crippen molar-refractivity contribution in [1.29, 1.82) is 0 Å². The predicted molar refractivity (Wildman–Crippen MR) is 81.1 cm³/mol. The number of rotatable bonds is 5. The largest absolute Gasteiger partial charge is 0.379 e. The van der Waals surface area contributed by atoms with E-state index in [0.717, 1.165) is 37.3 Å². The number of nitrogens with one attached hydrogen (secondary N) is 1. The van der Waals surface area contributed by atoms with E-state index in [4.69, 9.17) is 4.74 Å². The van der Waals surface area contributed by atoms with Gasteiger partial charge in [-0.2, -0.15) is 0 Å². The van der Waals surface area contributed by atoms with E-state index >= 15 is 0 Å². The van der Waals surface area contributed by atoms with Gasteiger partial charge in [0.2, 0.25) is 0 Å². The van der Waals surface area contributed by atoms with E-state index < -0.39 is 0 Å². The van der Waals surface area contributed by atoms with Crippen molar-refractivity contribution in [2.75, 3.05) is 38.2 Å². The Labute approximate surface area is 126 Å². The molecule has 20 heavy (non-hydrogen) atoms. The van der Waals surface area contributed by atoms with Gasteiger partial charge in [-0.3, -0.25) is 15.0 Å². The molecule has 1 atom stereocenters. The van der Waals surface area contributed by atoms with Crippen LogP contribution in [-0.2, 0) is 4.74 Å². The maximum Gasteiger partial charge on any atom is 0.292 e. The molecule has 1 aliphatic heterocycles. The highest BCUT2D eigenvalue weighted by Crippen LogP contribution is 2.28. The molecule has 0 amide bonds. The van der Waals surface area contributed by atoms with Crippen LogP contribution >= 0.6 is 15.9 Å². The molecule has 0 spiro atoms. The van der Waals surface area contributed by atoms with Crippen LogP contribution in [0, 0.1) is 10.1 Å². The minimum absolute atomic E-state index is 0.0991. The summed E-state index contributed by atoms with van der Waals surface area (Å²) in [4.78, 5) is 13.0. The van der Waals surface area contributed by atoms with Gasteiger partial charge in [0.1, 0.15) is 5.69 Å². The molecule has 7 heteroatoms. The van der Waals surface area contributed by atoms with Gasteiger partial charge < -0.3 is 10.1 Å². The summed E-state index contributed by atoms with van der Waals surface area (Å²) >= 11 is 3.34. The SMILES string of the molecule is CC(CN1CCOCC1)Nc1cc(Br)ccc1[N+](=O)[O-]. The summed E-state index contributed by atoms with van der Waals surface area (Å²) < 4.78 is 6.13. The number of hydrogen-bond donors (Lipinski definition) is 1. The Morgan fingerprint density at radius 2 is 2.20 bits per heavy atom. The third kappa shape index (κ3) is 4.16. The fourth-order valence-electron chi connectivity index (χ4n) is 2.27. The standard InChI is InChI=1S/C13H18BrN3O3/c1-10(9-16-4-6-20-7-5-16)15-12-8-11(14)2-3-13(12)17(18)19/h2-3,8,10,15H,4-7,9H2,1H3. The first kappa shape index (κ1) is 15.2. The Morgan fingerprint density at radius 1 is 1.50 bits per heavy atom. The smallest absolute Gasteiger partial charge is 0.292 e. The van der Waals surface area contributed by atoms with Crippen LogP contribution in [0.4, 0.5) is 11.4 Å². The van der Waals surface area contributed by atoms with Crippen LogP contribution in [0.5, 0.6) is 0 Å². The summed E-state index contributed by atoms with van der Waals surface area (Å²) in [5, 5.41) is 14.3. The molecule has 0 radical (unpaired) electrons. The summed E-state index contributed by atoms with van der Waals surface area (Å²) in [6.07, 6.45) is 0. The van der Waals surface area contributed by atoms with E-state index in [1.165, 1.54) is 6.07 Å². The van der Waals surface area contributed by atoms with Gasteiger partial charge >= 0.3 is 0 Å². The summed E-state index contributed by atoms with van der Waals surface area (Å²) in [6, 6.07) is 5.05. The zero-order valence-corrected chi connectivity index (χ0v) is 12.9. The molecule has 1 aromatic carbocycles. The normalized spacial score (nSPS) is 17.7. The Hall–Kier alpha value is -1.18. The molecule has 6 nitrogen and oxygen atoms in total. The van der Waals surface area contributed by atoms with Crippen molar-refractivity contribution in [3.63, 3.8) is 0 Å². The highest BCUT2D eigenvalue weighted by atomic mass is 79.9. The minimum Gasteiger partial charge on any atom is -0.379 e. The first-order valence-electron chi connectivity index (χ1n) is 6.57. The fourth-order valence-corrected chi connectivity index (χ4v) is 2.63. The molecule has 1 aliphatic rings. The number of nitrogens with zero attached hydrogens (tertiary/aromatic N) is 2. The maximum absolute atomic E-state index is 11.0. The molecule has 1 fully saturated rings. The molecule has 0 aliphatic carbocycles. The van der Waals surface area contributed by atoms with E-state index in [9.17, 15) is 10.1 Å². The van der Waals surface area contributed by atoms with E-state index in [-0.39, 0.29) is 16.7 Å². The lowest BCUT2D eigenvalue weighted by molar-refractivity contribution is -0.384. The number of nitro groups is 1. The monoisotopic (exact) mass is 343 g/mol. The molecule has 0 bridgehead atoms. The van der Waals surface area contributed by atoms with Gasteiger partial charge in [0.25, 0.3) is 5.69 Å². The first-order chi connectivity index (χ1) is 9.56. The van der Waals surface area contributed by atoms with Crippen molar-refractivity contribution in [1.82, 2.24) is 4.90 Å². The van der Waals surface area contributed by atoms with Crippen molar-refractivity contribution in [3.05, 3.63) is 32.8 Å². The van der Waals surface area contributed by atoms with Crippen LogP contribution in [0.25, 0.3) is 0 Å². The minimum atomic E-state index is -0.365. The van der Waals surface area contributed by atoms with E-state index in [0.29, 0.717) is 5.69 Å². The van der Waals surface area contributed by atoms with Crippen LogP contribution in [0.3, 0.4) is 0 Å². The second-order valence-electron chi connectivity index (χ2n) is 4.88. The lowest BCUT2D eigenvalue weighted by atomic mass is 10.2. The highest BCUT2D eigenvalue weighted by Gasteiger charge is 2.18. The predicted octanol–water partition coefficient (Wildman–Crippen LogP) is 2.49. The Bertz CT molecular complexity index is 478. The molecule has 1 aromatic rings. The number of hydrogen-bond acceptors (Lipinski definition) is 5. The van der Waals surface area contributed by atoms with Gasteiger partial charge in [0, 0.05) is 36.2 Å². The molecular formula is C13H18BrN3O3. The average Bonchev–Trinajstić information content (AvgIpc) is 2.39. The molecule has 2 rings (SSSR count). The zero-order chi connectivity index (χ0) is 14.5. The second kappa shape index (κ2) is 7.01. The van der Waals surface area contributed by atoms with Crippen molar-refractivity contribution in [3.8, 4) is 0 Å². The van der Waals surface area contributed by atoms with Crippen molar-refractivity contribution < 1.29 is 9.66 Å². The lowest BCUT2D eigenvalue weighted by Gasteiger charge is -2.29. The van der Waals surface area contributed by atoms with Gasteiger partial charge in [-0.25, -0.2) is 0 Å². The first-order valence-corrected chi connectivity index (χ1v) is 7.36. The van der Waals surface area contributed by atoms with Crippen LogP contribution in [0.15, 0.2) is 22.7 Å². The maximum atomic E-state index is 11.0. The quantitative estimate of drug-likeness (QED) is 0.657. The Morgan fingerprint density at radius 3 is 2.85 bits per heavy atom. The lowest BCUT2D eigenvalue weighted by Crippen LogP contribution is -2.42. The van der Waals surface area contributed by atoms with Crippen LogP contribution in [0.1, 0.15) is 6.92 Å². The van der Waals surface area contributed by atoms with Crippen LogP contribution < -0.4 is 5.32 Å². The molecule has 0 saturated carbocycles. The topological polar surface area (TPSA) is 67.6 Å². The molecule has 0 aromatic heterocycles. The van der Waals surface area contributed by atoms with Gasteiger partial charge in [-0.15, -0.1) is 0 Å². The van der Waals surface area contributed by atoms with Crippen molar-refractivity contribution in [2.45, 2.75) is 13.0 Å².